The molecule has 0 aliphatic carbocycles. The predicted molar refractivity (Wildman–Crippen MR) is 48.1 cm³/mol. The molecule has 0 unspecified atom stereocenters. The van der Waals surface area contributed by atoms with Crippen LogP contribution in [0.3, 0.4) is 0 Å². The maximum absolute atomic E-state index is 8.19. The lowest BCUT2D eigenvalue weighted by atomic mass is 9.92. The standard InChI is InChI=1S/C8H15N3O2/c1-7(2)12-5-8(3,6-13-7)4-10-11-9/h4-6H2,1-3H3. The summed E-state index contributed by atoms with van der Waals surface area (Å²) in [5.74, 6) is -0.504. The van der Waals surface area contributed by atoms with E-state index in [-0.39, 0.29) is 5.41 Å². The minimum absolute atomic E-state index is 0.179. The van der Waals surface area contributed by atoms with E-state index in [0.717, 1.165) is 0 Å². The SMILES string of the molecule is CC1(CN=[N+]=[N-])COC(C)(C)OC1. The van der Waals surface area contributed by atoms with Crippen molar-refractivity contribution in [2.24, 2.45) is 10.5 Å². The highest BCUT2D eigenvalue weighted by molar-refractivity contribution is 4.81. The van der Waals surface area contributed by atoms with Crippen LogP contribution in [0.1, 0.15) is 20.8 Å². The Labute approximate surface area is 77.6 Å². The Kier molecular flexibility index (Phi) is 2.81. The minimum Gasteiger partial charge on any atom is -0.350 e. The van der Waals surface area contributed by atoms with Gasteiger partial charge in [-0.1, -0.05) is 12.0 Å². The molecule has 1 fully saturated rings. The number of azide groups is 1. The zero-order valence-electron chi connectivity index (χ0n) is 8.28. The molecule has 0 N–H and O–H groups in total. The Bertz CT molecular complexity index is 224. The number of ether oxygens (including phenoxy) is 2. The molecule has 1 aliphatic rings. The van der Waals surface area contributed by atoms with Crippen LogP contribution in [0, 0.1) is 5.41 Å². The van der Waals surface area contributed by atoms with E-state index in [1.54, 1.807) is 0 Å². The number of hydrogen-bond donors (Lipinski definition) is 0. The van der Waals surface area contributed by atoms with Gasteiger partial charge in [-0.3, -0.25) is 0 Å². The maximum atomic E-state index is 8.19. The van der Waals surface area contributed by atoms with Crippen molar-refractivity contribution in [3.8, 4) is 0 Å². The summed E-state index contributed by atoms with van der Waals surface area (Å²) in [5.41, 5.74) is 8.01. The average Bonchev–Trinajstić information content (AvgIpc) is 2.08. The van der Waals surface area contributed by atoms with Crippen molar-refractivity contribution in [1.82, 2.24) is 0 Å². The van der Waals surface area contributed by atoms with Gasteiger partial charge in [-0.05, 0) is 19.4 Å². The van der Waals surface area contributed by atoms with E-state index in [0.29, 0.717) is 19.8 Å². The Morgan fingerprint density at radius 3 is 2.31 bits per heavy atom. The second kappa shape index (κ2) is 3.54. The molecule has 5 heteroatoms. The van der Waals surface area contributed by atoms with Crippen LogP contribution in [-0.2, 0) is 9.47 Å². The highest BCUT2D eigenvalue weighted by Crippen LogP contribution is 2.29. The molecule has 0 radical (unpaired) electrons. The molecule has 0 aromatic rings. The molecule has 1 rings (SSSR count). The van der Waals surface area contributed by atoms with E-state index in [1.807, 2.05) is 20.8 Å². The largest absolute Gasteiger partial charge is 0.350 e. The zero-order chi connectivity index (χ0) is 9.95. The molecule has 74 valence electrons. The van der Waals surface area contributed by atoms with Crippen LogP contribution in [0.15, 0.2) is 5.11 Å². The lowest BCUT2D eigenvalue weighted by molar-refractivity contribution is -0.280. The van der Waals surface area contributed by atoms with Gasteiger partial charge in [0.15, 0.2) is 5.79 Å². The zero-order valence-corrected chi connectivity index (χ0v) is 8.28. The van der Waals surface area contributed by atoms with Crippen molar-refractivity contribution in [2.45, 2.75) is 26.6 Å². The summed E-state index contributed by atoms with van der Waals surface area (Å²) >= 11 is 0. The molecule has 0 aromatic carbocycles. The fraction of sp³-hybridized carbons (Fsp3) is 1.00. The van der Waals surface area contributed by atoms with Crippen molar-refractivity contribution >= 4 is 0 Å². The van der Waals surface area contributed by atoms with Gasteiger partial charge in [0, 0.05) is 16.9 Å². The molecule has 0 bridgehead atoms. The van der Waals surface area contributed by atoms with Gasteiger partial charge in [0.1, 0.15) is 0 Å². The molecule has 0 spiro atoms. The second-order valence-corrected chi connectivity index (χ2v) is 4.18. The summed E-state index contributed by atoms with van der Waals surface area (Å²) in [7, 11) is 0. The van der Waals surface area contributed by atoms with E-state index >= 15 is 0 Å². The lowest BCUT2D eigenvalue weighted by Gasteiger charge is -2.40. The molecule has 1 aliphatic heterocycles. The van der Waals surface area contributed by atoms with Gasteiger partial charge >= 0.3 is 0 Å². The Morgan fingerprint density at radius 1 is 1.31 bits per heavy atom. The molecule has 1 heterocycles. The first-order valence-corrected chi connectivity index (χ1v) is 4.26. The molecule has 0 atom stereocenters. The van der Waals surface area contributed by atoms with Crippen molar-refractivity contribution in [3.05, 3.63) is 10.4 Å². The van der Waals surface area contributed by atoms with Gasteiger partial charge < -0.3 is 9.47 Å². The van der Waals surface area contributed by atoms with E-state index < -0.39 is 5.79 Å². The molecular formula is C8H15N3O2. The number of rotatable bonds is 2. The molecular weight excluding hydrogens is 170 g/mol. The van der Waals surface area contributed by atoms with E-state index in [4.69, 9.17) is 15.0 Å². The van der Waals surface area contributed by atoms with Gasteiger partial charge in [-0.25, -0.2) is 0 Å². The van der Waals surface area contributed by atoms with Crippen LogP contribution < -0.4 is 0 Å². The van der Waals surface area contributed by atoms with E-state index in [2.05, 4.69) is 10.0 Å². The summed E-state index contributed by atoms with van der Waals surface area (Å²) in [5, 5.41) is 3.54. The number of hydrogen-bond acceptors (Lipinski definition) is 3. The third-order valence-corrected chi connectivity index (χ3v) is 2.05. The second-order valence-electron chi connectivity index (χ2n) is 4.18. The smallest absolute Gasteiger partial charge is 0.162 e. The van der Waals surface area contributed by atoms with Crippen molar-refractivity contribution in [1.29, 1.82) is 0 Å². The van der Waals surface area contributed by atoms with Gasteiger partial charge in [0.2, 0.25) is 0 Å². The normalized spacial score (nSPS) is 24.8. The third kappa shape index (κ3) is 2.88. The first-order chi connectivity index (χ1) is 5.97. The molecule has 0 saturated carbocycles. The summed E-state index contributed by atoms with van der Waals surface area (Å²) in [6.07, 6.45) is 0. The van der Waals surface area contributed by atoms with Crippen LogP contribution in [0.4, 0.5) is 0 Å². The van der Waals surface area contributed by atoms with Crippen LogP contribution in [0.25, 0.3) is 10.4 Å². The first kappa shape index (κ1) is 10.3. The summed E-state index contributed by atoms with van der Waals surface area (Å²) in [4.78, 5) is 2.73. The van der Waals surface area contributed by atoms with E-state index in [9.17, 15) is 0 Å². The highest BCUT2D eigenvalue weighted by atomic mass is 16.7. The van der Waals surface area contributed by atoms with Crippen LogP contribution in [-0.4, -0.2) is 25.5 Å². The number of nitrogens with zero attached hydrogens (tertiary/aromatic N) is 3. The van der Waals surface area contributed by atoms with Gasteiger partial charge in [-0.15, -0.1) is 0 Å². The molecule has 1 saturated heterocycles. The third-order valence-electron chi connectivity index (χ3n) is 2.05. The van der Waals surface area contributed by atoms with Crippen LogP contribution >= 0.6 is 0 Å². The van der Waals surface area contributed by atoms with Crippen molar-refractivity contribution < 1.29 is 9.47 Å². The summed E-state index contributed by atoms with van der Waals surface area (Å²) in [6, 6.07) is 0. The van der Waals surface area contributed by atoms with Crippen LogP contribution in [0.5, 0.6) is 0 Å². The van der Waals surface area contributed by atoms with Gasteiger partial charge in [0.05, 0.1) is 13.2 Å². The minimum atomic E-state index is -0.504. The topological polar surface area (TPSA) is 67.2 Å². The Balaban J connectivity index is 2.51. The monoisotopic (exact) mass is 185 g/mol. The first-order valence-electron chi connectivity index (χ1n) is 4.26. The lowest BCUT2D eigenvalue weighted by Crippen LogP contribution is -2.46. The maximum Gasteiger partial charge on any atom is 0.162 e. The summed E-state index contributed by atoms with van der Waals surface area (Å²) < 4.78 is 10.9. The summed E-state index contributed by atoms with van der Waals surface area (Å²) in [6.45, 7) is 7.29. The average molecular weight is 185 g/mol. The van der Waals surface area contributed by atoms with Crippen molar-refractivity contribution in [2.75, 3.05) is 19.8 Å². The fourth-order valence-electron chi connectivity index (χ4n) is 1.07. The fourth-order valence-corrected chi connectivity index (χ4v) is 1.07. The molecule has 13 heavy (non-hydrogen) atoms. The quantitative estimate of drug-likeness (QED) is 0.375. The highest BCUT2D eigenvalue weighted by Gasteiger charge is 2.35. The molecule has 5 nitrogen and oxygen atoms in total. The Morgan fingerprint density at radius 2 is 1.85 bits per heavy atom. The molecule has 0 amide bonds. The predicted octanol–water partition coefficient (Wildman–Crippen LogP) is 2.09. The van der Waals surface area contributed by atoms with Gasteiger partial charge in [-0.2, -0.15) is 0 Å². The molecule has 0 aromatic heterocycles. The Hall–Kier alpha value is -0.770. The van der Waals surface area contributed by atoms with Crippen LogP contribution in [0.2, 0.25) is 0 Å². The van der Waals surface area contributed by atoms with E-state index in [1.165, 1.54) is 0 Å². The van der Waals surface area contributed by atoms with Crippen molar-refractivity contribution in [3.63, 3.8) is 0 Å². The van der Waals surface area contributed by atoms with Gasteiger partial charge in [0.25, 0.3) is 0 Å².